The summed E-state index contributed by atoms with van der Waals surface area (Å²) in [5, 5.41) is 47.0. The number of rotatable bonds is 17. The number of carbonyl (C=O) groups is 7. The highest BCUT2D eigenvalue weighted by Crippen LogP contribution is 2.30. The van der Waals surface area contributed by atoms with E-state index in [9.17, 15) is 54.0 Å². The lowest BCUT2D eigenvalue weighted by atomic mass is 9.88. The summed E-state index contributed by atoms with van der Waals surface area (Å²) in [7, 11) is 0. The van der Waals surface area contributed by atoms with Crippen LogP contribution in [0.3, 0.4) is 0 Å². The Balaban J connectivity index is 2.28. The van der Waals surface area contributed by atoms with Crippen LogP contribution in [0.25, 0.3) is 0 Å². The minimum Gasteiger partial charge on any atom is -0.462 e. The van der Waals surface area contributed by atoms with Gasteiger partial charge in [-0.3, -0.25) is 28.8 Å². The first-order valence-corrected chi connectivity index (χ1v) is 16.2. The maximum Gasteiger partial charge on any atom is 0.309 e. The normalized spacial score (nSPS) is 30.8. The molecule has 2 amide bonds. The third-order valence-corrected chi connectivity index (χ3v) is 7.67. The van der Waals surface area contributed by atoms with Gasteiger partial charge in [0.2, 0.25) is 11.8 Å². The van der Waals surface area contributed by atoms with E-state index in [0.717, 1.165) is 20.8 Å². The average Bonchev–Trinajstić information content (AvgIpc) is 2.99. The Morgan fingerprint density at radius 1 is 0.725 bits per heavy atom. The molecule has 0 saturated carbocycles. The lowest BCUT2D eigenvalue weighted by Gasteiger charge is -2.45. The summed E-state index contributed by atoms with van der Waals surface area (Å²) in [6, 6.07) is -3.01. The van der Waals surface area contributed by atoms with Crippen LogP contribution < -0.4 is 10.6 Å². The first kappa shape index (κ1) is 43.4. The van der Waals surface area contributed by atoms with E-state index in [1.165, 1.54) is 20.8 Å². The number of nitrogens with one attached hydrogen (secondary N) is 2. The highest BCUT2D eigenvalue weighted by atomic mass is 16.7. The van der Waals surface area contributed by atoms with E-state index < -0.39 is 141 Å². The molecule has 51 heavy (non-hydrogen) atoms. The van der Waals surface area contributed by atoms with Crippen molar-refractivity contribution in [3.8, 4) is 0 Å². The first-order valence-electron chi connectivity index (χ1n) is 16.2. The molecular weight excluding hydrogens is 688 g/mol. The van der Waals surface area contributed by atoms with Crippen LogP contribution in [0.4, 0.5) is 0 Å². The summed E-state index contributed by atoms with van der Waals surface area (Å²) in [6.45, 7) is 6.27. The van der Waals surface area contributed by atoms with Crippen LogP contribution in [0.5, 0.6) is 0 Å². The second-order valence-electron chi connectivity index (χ2n) is 12.3. The summed E-state index contributed by atoms with van der Waals surface area (Å²) in [5.74, 6) is -5.79. The fourth-order valence-electron chi connectivity index (χ4n) is 5.58. The number of aldehydes is 1. The van der Waals surface area contributed by atoms with Crippen LogP contribution in [0, 0.1) is 5.92 Å². The number of aliphatic hydroxyl groups excluding tert-OH is 4. The van der Waals surface area contributed by atoms with Crippen molar-refractivity contribution >= 4 is 42.0 Å². The Bertz CT molecular complexity index is 1230. The Kier molecular flexibility index (Phi) is 17.3. The molecule has 0 aliphatic carbocycles. The molecule has 0 spiro atoms. The van der Waals surface area contributed by atoms with Crippen LogP contribution in [0.2, 0.25) is 0 Å². The second kappa shape index (κ2) is 20.3. The Morgan fingerprint density at radius 2 is 1.22 bits per heavy atom. The number of hydrogen-bond donors (Lipinski definition) is 6. The van der Waals surface area contributed by atoms with Crippen molar-refractivity contribution in [3.63, 3.8) is 0 Å². The van der Waals surface area contributed by atoms with Crippen molar-refractivity contribution < 1.29 is 87.1 Å². The largest absolute Gasteiger partial charge is 0.462 e. The van der Waals surface area contributed by atoms with E-state index >= 15 is 0 Å². The summed E-state index contributed by atoms with van der Waals surface area (Å²) in [4.78, 5) is 84.5. The van der Waals surface area contributed by atoms with Gasteiger partial charge in [0.1, 0.15) is 61.1 Å². The lowest BCUT2D eigenvalue weighted by molar-refractivity contribution is -0.291. The number of carbonyl (C=O) groups excluding carboxylic acids is 7. The van der Waals surface area contributed by atoms with Crippen molar-refractivity contribution in [2.45, 2.75) is 134 Å². The average molecular weight is 737 g/mol. The Labute approximate surface area is 293 Å². The topological polar surface area (TPSA) is 289 Å². The Morgan fingerprint density at radius 3 is 1.69 bits per heavy atom. The molecule has 0 bridgehead atoms. The molecule has 0 radical (unpaired) electrons. The van der Waals surface area contributed by atoms with E-state index in [0.29, 0.717) is 6.29 Å². The van der Waals surface area contributed by atoms with Gasteiger partial charge >= 0.3 is 23.9 Å². The van der Waals surface area contributed by atoms with Gasteiger partial charge in [0, 0.05) is 20.8 Å². The van der Waals surface area contributed by atoms with E-state index in [1.54, 1.807) is 0 Å². The number of ether oxygens (including phenoxy) is 7. The van der Waals surface area contributed by atoms with Crippen LogP contribution >= 0.6 is 0 Å². The summed E-state index contributed by atoms with van der Waals surface area (Å²) < 4.78 is 37.4. The maximum absolute atomic E-state index is 13.1. The quantitative estimate of drug-likeness (QED) is 0.0489. The standard InChI is InChI=1S/C31H48N2O18/c1-13(46-16(4)36)7-22(39)32-25-28(43)27(42)21(49-30(25)44)12-45-31-26(33-23(40)8-14(2)47-17(5)37)29(19(10-34)20(11-35)50-31)51-24(41)9-15(3)48-18(6)38/h10,13-15,19-21,25-31,35,42-44H,7-9,11-12H2,1-6H3,(H,32,39)(H,33,40)/t13-,14-,15-,19-,20?,21?,25?,26?,27-,28?,29?,30?,31-/m1/s1. The molecule has 2 fully saturated rings. The van der Waals surface area contributed by atoms with Crippen LogP contribution in [-0.2, 0) is 66.7 Å². The highest BCUT2D eigenvalue weighted by molar-refractivity contribution is 5.78. The summed E-state index contributed by atoms with van der Waals surface area (Å²) >= 11 is 0. The molecule has 2 aliphatic heterocycles. The molecule has 20 heteroatoms. The van der Waals surface area contributed by atoms with Crippen molar-refractivity contribution in [2.75, 3.05) is 13.2 Å². The number of aliphatic hydroxyl groups is 4. The van der Waals surface area contributed by atoms with Gasteiger partial charge in [0.05, 0.1) is 44.5 Å². The minimum atomic E-state index is -1.88. The lowest BCUT2D eigenvalue weighted by Crippen LogP contribution is -2.66. The van der Waals surface area contributed by atoms with Gasteiger partial charge in [-0.25, -0.2) is 0 Å². The predicted octanol–water partition coefficient (Wildman–Crippen LogP) is -3.12. The van der Waals surface area contributed by atoms with Gasteiger partial charge in [-0.1, -0.05) is 0 Å². The zero-order chi connectivity index (χ0) is 38.6. The van der Waals surface area contributed by atoms with Gasteiger partial charge in [0.15, 0.2) is 12.6 Å². The zero-order valence-corrected chi connectivity index (χ0v) is 29.1. The second-order valence-corrected chi connectivity index (χ2v) is 12.3. The first-order chi connectivity index (χ1) is 23.9. The van der Waals surface area contributed by atoms with Crippen LogP contribution in [-0.4, -0.2) is 149 Å². The zero-order valence-electron chi connectivity index (χ0n) is 29.1. The van der Waals surface area contributed by atoms with Crippen molar-refractivity contribution in [3.05, 3.63) is 0 Å². The van der Waals surface area contributed by atoms with Gasteiger partial charge in [-0.05, 0) is 20.8 Å². The molecule has 2 heterocycles. The number of amides is 2. The van der Waals surface area contributed by atoms with Gasteiger partial charge in [-0.15, -0.1) is 0 Å². The molecule has 290 valence electrons. The molecule has 6 N–H and O–H groups in total. The minimum absolute atomic E-state index is 0.327. The fraction of sp³-hybridized carbons (Fsp3) is 0.774. The molecular formula is C31H48N2O18. The van der Waals surface area contributed by atoms with E-state index in [1.807, 2.05) is 0 Å². The van der Waals surface area contributed by atoms with Gasteiger partial charge in [-0.2, -0.15) is 0 Å². The molecule has 13 atom stereocenters. The van der Waals surface area contributed by atoms with Gasteiger partial charge < -0.3 is 69.0 Å². The molecule has 2 rings (SSSR count). The Hall–Kier alpha value is -3.79. The maximum atomic E-state index is 13.1. The molecule has 2 aliphatic rings. The van der Waals surface area contributed by atoms with Crippen molar-refractivity contribution in [2.24, 2.45) is 5.92 Å². The molecule has 0 aromatic heterocycles. The number of hydrogen-bond acceptors (Lipinski definition) is 18. The van der Waals surface area contributed by atoms with Crippen molar-refractivity contribution in [1.82, 2.24) is 10.6 Å². The SMILES string of the molecule is CC(=O)O[C@H](C)CC(=O)NC1C(O)OC(CO[C@@H]2OC(CO)[C@@H](C=O)C(OC(=O)C[C@@H](C)OC(C)=O)C2NC(=O)C[C@@H](C)OC(C)=O)[C@@H](O)C1O. The highest BCUT2D eigenvalue weighted by Gasteiger charge is 2.51. The molecule has 20 nitrogen and oxygen atoms in total. The monoisotopic (exact) mass is 736 g/mol. The van der Waals surface area contributed by atoms with Crippen LogP contribution in [0.1, 0.15) is 60.8 Å². The molecule has 2 saturated heterocycles. The van der Waals surface area contributed by atoms with Crippen LogP contribution in [0.15, 0.2) is 0 Å². The van der Waals surface area contributed by atoms with E-state index in [4.69, 9.17) is 33.2 Å². The fourth-order valence-corrected chi connectivity index (χ4v) is 5.58. The molecule has 7 unspecified atom stereocenters. The molecule has 0 aromatic rings. The summed E-state index contributed by atoms with van der Waals surface area (Å²) in [5.41, 5.74) is 0. The third kappa shape index (κ3) is 13.7. The molecule has 0 aromatic carbocycles. The van der Waals surface area contributed by atoms with Gasteiger partial charge in [0.25, 0.3) is 0 Å². The number of esters is 4. The third-order valence-electron chi connectivity index (χ3n) is 7.67. The summed E-state index contributed by atoms with van der Waals surface area (Å²) in [6.07, 6.45) is -15.0. The van der Waals surface area contributed by atoms with E-state index in [2.05, 4.69) is 10.6 Å². The smallest absolute Gasteiger partial charge is 0.309 e. The predicted molar refractivity (Wildman–Crippen MR) is 165 cm³/mol. The van der Waals surface area contributed by atoms with Crippen molar-refractivity contribution in [1.29, 1.82) is 0 Å². The van der Waals surface area contributed by atoms with E-state index in [-0.39, 0.29) is 6.42 Å².